The van der Waals surface area contributed by atoms with Crippen molar-refractivity contribution >= 4 is 18.1 Å². The summed E-state index contributed by atoms with van der Waals surface area (Å²) in [6.07, 6.45) is 2.26. The first kappa shape index (κ1) is 13.8. The number of hydrogen-bond acceptors (Lipinski definition) is 3. The predicted octanol–water partition coefficient (Wildman–Crippen LogP) is 2.53. The highest BCUT2D eigenvalue weighted by Crippen LogP contribution is 2.23. The Balaban J connectivity index is 0.00000144. The third-order valence-electron chi connectivity index (χ3n) is 3.17. The summed E-state index contributed by atoms with van der Waals surface area (Å²) in [5.74, 6) is 0. The van der Waals surface area contributed by atoms with Crippen molar-refractivity contribution in [2.24, 2.45) is 0 Å². The van der Waals surface area contributed by atoms with Crippen LogP contribution in [0.15, 0.2) is 24.3 Å². The molecule has 0 aliphatic carbocycles. The van der Waals surface area contributed by atoms with E-state index >= 15 is 0 Å². The van der Waals surface area contributed by atoms with Gasteiger partial charge in [-0.25, -0.2) is 0 Å². The van der Waals surface area contributed by atoms with E-state index in [-0.39, 0.29) is 17.9 Å². The Kier molecular flexibility index (Phi) is 4.80. The van der Waals surface area contributed by atoms with Gasteiger partial charge in [0.1, 0.15) is 0 Å². The molecule has 0 atom stereocenters. The Morgan fingerprint density at radius 1 is 1.24 bits per heavy atom. The lowest BCUT2D eigenvalue weighted by Gasteiger charge is -2.36. The third kappa shape index (κ3) is 3.62. The van der Waals surface area contributed by atoms with E-state index < -0.39 is 0 Å². The molecule has 2 N–H and O–H groups in total. The highest BCUT2D eigenvalue weighted by atomic mass is 35.5. The second-order valence-corrected chi connectivity index (χ2v) is 4.62. The van der Waals surface area contributed by atoms with E-state index in [2.05, 4.69) is 23.6 Å². The van der Waals surface area contributed by atoms with Crippen molar-refractivity contribution in [1.29, 1.82) is 5.26 Å². The summed E-state index contributed by atoms with van der Waals surface area (Å²) in [6, 6.07) is 9.79. The van der Waals surface area contributed by atoms with E-state index in [0.717, 1.165) is 31.6 Å². The van der Waals surface area contributed by atoms with Crippen LogP contribution in [0.25, 0.3) is 0 Å². The fourth-order valence-electron chi connectivity index (χ4n) is 2.08. The number of benzene rings is 1. The van der Waals surface area contributed by atoms with Crippen LogP contribution in [0.3, 0.4) is 0 Å². The molecule has 0 bridgehead atoms. The van der Waals surface area contributed by atoms with Gasteiger partial charge in [-0.15, -0.1) is 12.4 Å². The lowest BCUT2D eigenvalue weighted by molar-refractivity contribution is 0.365. The minimum absolute atomic E-state index is 0. The number of rotatable bonds is 2. The second-order valence-electron chi connectivity index (χ2n) is 4.62. The van der Waals surface area contributed by atoms with Crippen molar-refractivity contribution < 1.29 is 0 Å². The Bertz CT molecular complexity index is 388. The highest BCUT2D eigenvalue weighted by Gasteiger charge is 2.25. The molecule has 3 nitrogen and oxygen atoms in total. The Labute approximate surface area is 109 Å². The normalized spacial score (nSPS) is 17.6. The molecule has 0 amide bonds. The number of nitriles is 1. The molecule has 1 heterocycles. The monoisotopic (exact) mass is 251 g/mol. The fourth-order valence-corrected chi connectivity index (χ4v) is 2.08. The minimum Gasteiger partial charge on any atom is -0.380 e. The van der Waals surface area contributed by atoms with E-state index in [0.29, 0.717) is 5.56 Å². The Morgan fingerprint density at radius 3 is 2.35 bits per heavy atom. The maximum atomic E-state index is 8.72. The average Bonchev–Trinajstić information content (AvgIpc) is 2.30. The highest BCUT2D eigenvalue weighted by molar-refractivity contribution is 5.85. The van der Waals surface area contributed by atoms with Crippen molar-refractivity contribution in [3.8, 4) is 6.07 Å². The number of anilines is 1. The van der Waals surface area contributed by atoms with E-state index in [1.165, 1.54) is 0 Å². The van der Waals surface area contributed by atoms with Gasteiger partial charge in [-0.05, 0) is 57.1 Å². The van der Waals surface area contributed by atoms with Gasteiger partial charge in [0.2, 0.25) is 0 Å². The first-order valence-corrected chi connectivity index (χ1v) is 5.71. The van der Waals surface area contributed by atoms with Gasteiger partial charge in [0.25, 0.3) is 0 Å². The van der Waals surface area contributed by atoms with Crippen LogP contribution in [0.5, 0.6) is 0 Å². The Morgan fingerprint density at radius 2 is 1.82 bits per heavy atom. The minimum atomic E-state index is 0. The lowest BCUT2D eigenvalue weighted by Crippen LogP contribution is -2.45. The van der Waals surface area contributed by atoms with Crippen LogP contribution in [0.4, 0.5) is 5.69 Å². The van der Waals surface area contributed by atoms with Gasteiger partial charge in [-0.3, -0.25) is 0 Å². The van der Waals surface area contributed by atoms with Crippen LogP contribution in [0, 0.1) is 11.3 Å². The number of nitrogens with one attached hydrogen (secondary N) is 2. The average molecular weight is 252 g/mol. The SMILES string of the molecule is CC1(Nc2ccc(C#N)cc2)CCNCC1.Cl. The zero-order valence-electron chi connectivity index (χ0n) is 9.99. The summed E-state index contributed by atoms with van der Waals surface area (Å²) in [4.78, 5) is 0. The molecule has 1 saturated heterocycles. The van der Waals surface area contributed by atoms with Crippen molar-refractivity contribution in [1.82, 2.24) is 5.32 Å². The van der Waals surface area contributed by atoms with E-state index in [9.17, 15) is 0 Å². The van der Waals surface area contributed by atoms with E-state index in [1.807, 2.05) is 24.3 Å². The van der Waals surface area contributed by atoms with Gasteiger partial charge in [0, 0.05) is 11.2 Å². The summed E-state index contributed by atoms with van der Waals surface area (Å²) in [5.41, 5.74) is 1.99. The molecule has 17 heavy (non-hydrogen) atoms. The molecule has 0 saturated carbocycles. The van der Waals surface area contributed by atoms with Gasteiger partial charge in [-0.1, -0.05) is 0 Å². The van der Waals surface area contributed by atoms with Crippen LogP contribution < -0.4 is 10.6 Å². The zero-order valence-corrected chi connectivity index (χ0v) is 10.8. The molecule has 0 aromatic heterocycles. The van der Waals surface area contributed by atoms with E-state index in [4.69, 9.17) is 5.26 Å². The predicted molar refractivity (Wildman–Crippen MR) is 72.5 cm³/mol. The maximum absolute atomic E-state index is 8.72. The second kappa shape index (κ2) is 5.90. The molecule has 0 radical (unpaired) electrons. The lowest BCUT2D eigenvalue weighted by atomic mass is 9.90. The van der Waals surface area contributed by atoms with Crippen LogP contribution >= 0.6 is 12.4 Å². The summed E-state index contributed by atoms with van der Waals surface area (Å²) < 4.78 is 0. The molecule has 4 heteroatoms. The maximum Gasteiger partial charge on any atom is 0.0991 e. The first-order chi connectivity index (χ1) is 7.72. The molecular formula is C13H18ClN3. The molecule has 0 unspecified atom stereocenters. The van der Waals surface area contributed by atoms with Crippen molar-refractivity contribution in [2.45, 2.75) is 25.3 Å². The van der Waals surface area contributed by atoms with Gasteiger partial charge in [0.05, 0.1) is 11.6 Å². The zero-order chi connectivity index (χ0) is 11.4. The standard InChI is InChI=1S/C13H17N3.ClH/c1-13(6-8-15-9-7-13)16-12-4-2-11(10-14)3-5-12;/h2-5,15-16H,6-9H2,1H3;1H. The number of piperidine rings is 1. The molecule has 92 valence electrons. The molecule has 1 aromatic rings. The summed E-state index contributed by atoms with van der Waals surface area (Å²) >= 11 is 0. The fraction of sp³-hybridized carbons (Fsp3) is 0.462. The van der Waals surface area contributed by atoms with Crippen LogP contribution in [0.1, 0.15) is 25.3 Å². The molecule has 1 fully saturated rings. The molecule has 2 rings (SSSR count). The topological polar surface area (TPSA) is 47.9 Å². The summed E-state index contributed by atoms with van der Waals surface area (Å²) in [5, 5.41) is 15.6. The number of nitrogens with zero attached hydrogens (tertiary/aromatic N) is 1. The molecule has 0 spiro atoms. The number of hydrogen-bond donors (Lipinski definition) is 2. The van der Waals surface area contributed by atoms with E-state index in [1.54, 1.807) is 0 Å². The van der Waals surface area contributed by atoms with Crippen LogP contribution in [-0.2, 0) is 0 Å². The molecular weight excluding hydrogens is 234 g/mol. The quantitative estimate of drug-likeness (QED) is 0.849. The molecule has 1 aliphatic rings. The summed E-state index contributed by atoms with van der Waals surface area (Å²) in [6.45, 7) is 4.39. The third-order valence-corrected chi connectivity index (χ3v) is 3.17. The smallest absolute Gasteiger partial charge is 0.0991 e. The van der Waals surface area contributed by atoms with Gasteiger partial charge in [-0.2, -0.15) is 5.26 Å². The van der Waals surface area contributed by atoms with Crippen LogP contribution in [-0.4, -0.2) is 18.6 Å². The molecule has 1 aliphatic heterocycles. The van der Waals surface area contributed by atoms with Gasteiger partial charge >= 0.3 is 0 Å². The van der Waals surface area contributed by atoms with Crippen LogP contribution in [0.2, 0.25) is 0 Å². The Hall–Kier alpha value is -1.24. The first-order valence-electron chi connectivity index (χ1n) is 5.71. The van der Waals surface area contributed by atoms with Gasteiger partial charge in [0.15, 0.2) is 0 Å². The summed E-state index contributed by atoms with van der Waals surface area (Å²) in [7, 11) is 0. The molecule has 1 aromatic carbocycles. The van der Waals surface area contributed by atoms with Gasteiger partial charge < -0.3 is 10.6 Å². The largest absolute Gasteiger partial charge is 0.380 e. The van der Waals surface area contributed by atoms with Crippen molar-refractivity contribution in [3.05, 3.63) is 29.8 Å². The number of halogens is 1. The van der Waals surface area contributed by atoms with Crippen molar-refractivity contribution in [2.75, 3.05) is 18.4 Å². The van der Waals surface area contributed by atoms with Crippen molar-refractivity contribution in [3.63, 3.8) is 0 Å².